The summed E-state index contributed by atoms with van der Waals surface area (Å²) in [5.74, 6) is 1.53. The highest BCUT2D eigenvalue weighted by Gasteiger charge is 2.40. The molecule has 5 heteroatoms. The van der Waals surface area contributed by atoms with Crippen LogP contribution < -0.4 is 5.32 Å². The summed E-state index contributed by atoms with van der Waals surface area (Å²) in [7, 11) is 0. The van der Waals surface area contributed by atoms with Gasteiger partial charge >= 0.3 is 0 Å². The monoisotopic (exact) mass is 399 g/mol. The molecule has 2 atom stereocenters. The molecule has 5 nitrogen and oxygen atoms in total. The third kappa shape index (κ3) is 4.95. The molecule has 3 saturated heterocycles. The van der Waals surface area contributed by atoms with Crippen molar-refractivity contribution in [2.45, 2.75) is 52.1 Å². The Bertz CT molecular complexity index is 682. The first-order valence-corrected chi connectivity index (χ1v) is 11.5. The molecule has 3 fully saturated rings. The molecule has 0 amide bonds. The quantitative estimate of drug-likeness (QED) is 0.616. The third-order valence-electron chi connectivity index (χ3n) is 6.95. The Labute approximate surface area is 175 Å². The van der Waals surface area contributed by atoms with Crippen molar-refractivity contribution in [2.24, 2.45) is 16.3 Å². The Hall–Kier alpha value is -1.59. The van der Waals surface area contributed by atoms with E-state index in [1.165, 1.54) is 36.8 Å². The number of hydrogen-bond acceptors (Lipinski definition) is 3. The molecular formula is C24H37N3O2. The van der Waals surface area contributed by atoms with Crippen LogP contribution in [0.15, 0.2) is 29.3 Å². The van der Waals surface area contributed by atoms with Crippen LogP contribution in [-0.2, 0) is 9.47 Å². The van der Waals surface area contributed by atoms with Crippen molar-refractivity contribution in [3.63, 3.8) is 0 Å². The average Bonchev–Trinajstić information content (AvgIpc) is 3.15. The van der Waals surface area contributed by atoms with Gasteiger partial charge < -0.3 is 19.7 Å². The molecule has 1 aromatic rings. The average molecular weight is 400 g/mol. The molecule has 3 heterocycles. The van der Waals surface area contributed by atoms with E-state index >= 15 is 0 Å². The van der Waals surface area contributed by atoms with Gasteiger partial charge in [0.1, 0.15) is 0 Å². The van der Waals surface area contributed by atoms with Gasteiger partial charge in [0.05, 0.1) is 6.10 Å². The van der Waals surface area contributed by atoms with Crippen LogP contribution in [0, 0.1) is 18.3 Å². The number of aryl methyl sites for hydroxylation is 1. The first kappa shape index (κ1) is 20.7. The summed E-state index contributed by atoms with van der Waals surface area (Å²) in [4.78, 5) is 7.60. The van der Waals surface area contributed by atoms with Gasteiger partial charge in [-0.15, -0.1) is 0 Å². The summed E-state index contributed by atoms with van der Waals surface area (Å²) in [5, 5.41) is 3.55. The van der Waals surface area contributed by atoms with Gasteiger partial charge in [0.15, 0.2) is 5.96 Å². The molecule has 4 rings (SSSR count). The molecule has 3 aliphatic rings. The van der Waals surface area contributed by atoms with E-state index in [2.05, 4.69) is 48.3 Å². The van der Waals surface area contributed by atoms with Crippen LogP contribution in [0.5, 0.6) is 0 Å². The van der Waals surface area contributed by atoms with Gasteiger partial charge in [-0.2, -0.15) is 0 Å². The highest BCUT2D eigenvalue weighted by molar-refractivity contribution is 5.80. The lowest BCUT2D eigenvalue weighted by atomic mass is 9.80. The topological polar surface area (TPSA) is 46.1 Å². The van der Waals surface area contributed by atoms with Gasteiger partial charge in [0, 0.05) is 51.9 Å². The second kappa shape index (κ2) is 9.48. The summed E-state index contributed by atoms with van der Waals surface area (Å²) >= 11 is 0. The van der Waals surface area contributed by atoms with Gasteiger partial charge in [-0.3, -0.25) is 4.99 Å². The van der Waals surface area contributed by atoms with E-state index in [4.69, 9.17) is 14.5 Å². The van der Waals surface area contributed by atoms with Crippen LogP contribution in [0.1, 0.15) is 56.3 Å². The predicted molar refractivity (Wildman–Crippen MR) is 117 cm³/mol. The summed E-state index contributed by atoms with van der Waals surface area (Å²) in [5.41, 5.74) is 3.03. The molecule has 3 aliphatic heterocycles. The normalized spacial score (nSPS) is 27.4. The van der Waals surface area contributed by atoms with Gasteiger partial charge in [-0.25, -0.2) is 0 Å². The molecule has 1 N–H and O–H groups in total. The van der Waals surface area contributed by atoms with Gasteiger partial charge in [-0.05, 0) is 56.9 Å². The molecule has 2 unspecified atom stereocenters. The number of hydrogen-bond donors (Lipinski definition) is 1. The van der Waals surface area contributed by atoms with Crippen LogP contribution in [-0.4, -0.2) is 56.9 Å². The van der Waals surface area contributed by atoms with Crippen LogP contribution in [0.25, 0.3) is 0 Å². The van der Waals surface area contributed by atoms with E-state index in [1.54, 1.807) is 0 Å². The second-order valence-corrected chi connectivity index (χ2v) is 9.08. The largest absolute Gasteiger partial charge is 0.381 e. The molecule has 0 saturated carbocycles. The van der Waals surface area contributed by atoms with Crippen molar-refractivity contribution in [2.75, 3.05) is 46.0 Å². The van der Waals surface area contributed by atoms with E-state index in [9.17, 15) is 0 Å². The summed E-state index contributed by atoms with van der Waals surface area (Å²) in [6.07, 6.45) is 6.12. The number of ether oxygens (including phenoxy) is 2. The number of guanidine groups is 1. The molecular weight excluding hydrogens is 362 g/mol. The van der Waals surface area contributed by atoms with Gasteiger partial charge in [-0.1, -0.05) is 29.8 Å². The summed E-state index contributed by atoms with van der Waals surface area (Å²) in [6.45, 7) is 10.9. The van der Waals surface area contributed by atoms with Gasteiger partial charge in [0.2, 0.25) is 0 Å². The van der Waals surface area contributed by atoms with E-state index in [0.717, 1.165) is 58.4 Å². The molecule has 0 radical (unpaired) electrons. The minimum atomic E-state index is 0.163. The maximum absolute atomic E-state index is 6.21. The van der Waals surface area contributed by atoms with Crippen molar-refractivity contribution >= 4 is 5.96 Å². The Morgan fingerprint density at radius 1 is 1.17 bits per heavy atom. The smallest absolute Gasteiger partial charge is 0.193 e. The van der Waals surface area contributed by atoms with Gasteiger partial charge in [0.25, 0.3) is 0 Å². The Morgan fingerprint density at radius 3 is 2.72 bits per heavy atom. The van der Waals surface area contributed by atoms with E-state index < -0.39 is 0 Å². The predicted octanol–water partition coefficient (Wildman–Crippen LogP) is 3.93. The van der Waals surface area contributed by atoms with Crippen molar-refractivity contribution in [1.82, 2.24) is 10.2 Å². The third-order valence-corrected chi connectivity index (χ3v) is 6.95. The SMILES string of the molecule is CCNC(=NCC1CCCOC1c1ccc(C)cc1)N1CCC2(CCOCC2)C1. The van der Waals surface area contributed by atoms with E-state index in [0.29, 0.717) is 11.3 Å². The van der Waals surface area contributed by atoms with Crippen molar-refractivity contribution in [3.8, 4) is 0 Å². The fraction of sp³-hybridized carbons (Fsp3) is 0.708. The Morgan fingerprint density at radius 2 is 1.97 bits per heavy atom. The van der Waals surface area contributed by atoms with E-state index in [-0.39, 0.29) is 6.10 Å². The number of benzene rings is 1. The van der Waals surface area contributed by atoms with Crippen LogP contribution in [0.4, 0.5) is 0 Å². The molecule has 0 aliphatic carbocycles. The standard InChI is InChI=1S/C24H37N3O2/c1-3-25-23(27-13-10-24(18-27)11-15-28-16-12-24)26-17-21-5-4-14-29-22(21)20-8-6-19(2)7-9-20/h6-9,21-22H,3-5,10-18H2,1-2H3,(H,25,26). The zero-order chi connectivity index (χ0) is 20.1. The fourth-order valence-corrected chi connectivity index (χ4v) is 5.11. The molecule has 29 heavy (non-hydrogen) atoms. The Kier molecular flexibility index (Phi) is 6.76. The minimum absolute atomic E-state index is 0.163. The number of rotatable bonds is 4. The van der Waals surface area contributed by atoms with Crippen LogP contribution >= 0.6 is 0 Å². The second-order valence-electron chi connectivity index (χ2n) is 9.08. The highest BCUT2D eigenvalue weighted by atomic mass is 16.5. The maximum Gasteiger partial charge on any atom is 0.193 e. The molecule has 0 aromatic heterocycles. The summed E-state index contributed by atoms with van der Waals surface area (Å²) < 4.78 is 11.8. The van der Waals surface area contributed by atoms with Crippen molar-refractivity contribution < 1.29 is 9.47 Å². The van der Waals surface area contributed by atoms with E-state index in [1.807, 2.05) is 0 Å². The molecule has 1 spiro atoms. The maximum atomic E-state index is 6.21. The number of nitrogens with zero attached hydrogens (tertiary/aromatic N) is 2. The Balaban J connectivity index is 1.44. The first-order valence-electron chi connectivity index (χ1n) is 11.5. The lowest BCUT2D eigenvalue weighted by Gasteiger charge is -2.34. The number of aliphatic imine (C=N–C) groups is 1. The number of nitrogens with one attached hydrogen (secondary N) is 1. The van der Waals surface area contributed by atoms with Crippen LogP contribution in [0.2, 0.25) is 0 Å². The van der Waals surface area contributed by atoms with Crippen molar-refractivity contribution in [3.05, 3.63) is 35.4 Å². The lowest BCUT2D eigenvalue weighted by molar-refractivity contribution is -0.0250. The van der Waals surface area contributed by atoms with Crippen molar-refractivity contribution in [1.29, 1.82) is 0 Å². The number of likely N-dealkylation sites (tertiary alicyclic amines) is 1. The molecule has 0 bridgehead atoms. The minimum Gasteiger partial charge on any atom is -0.381 e. The highest BCUT2D eigenvalue weighted by Crippen LogP contribution is 2.40. The zero-order valence-corrected chi connectivity index (χ0v) is 18.2. The molecule has 1 aromatic carbocycles. The molecule has 160 valence electrons. The first-order chi connectivity index (χ1) is 14.2. The summed E-state index contributed by atoms with van der Waals surface area (Å²) in [6, 6.07) is 8.83. The van der Waals surface area contributed by atoms with Crippen LogP contribution in [0.3, 0.4) is 0 Å². The zero-order valence-electron chi connectivity index (χ0n) is 18.2. The fourth-order valence-electron chi connectivity index (χ4n) is 5.11. The lowest BCUT2D eigenvalue weighted by Crippen LogP contribution is -2.42.